The zero-order valence-electron chi connectivity index (χ0n) is 15.5. The van der Waals surface area contributed by atoms with Gasteiger partial charge in [0.1, 0.15) is 5.58 Å². The van der Waals surface area contributed by atoms with Crippen molar-refractivity contribution in [3.63, 3.8) is 0 Å². The molecule has 0 aliphatic rings. The van der Waals surface area contributed by atoms with Crippen LogP contribution in [0.3, 0.4) is 0 Å². The van der Waals surface area contributed by atoms with Gasteiger partial charge < -0.3 is 14.3 Å². The quantitative estimate of drug-likeness (QED) is 0.486. The van der Waals surface area contributed by atoms with E-state index in [-0.39, 0.29) is 17.1 Å². The number of ether oxygens (including phenoxy) is 1. The van der Waals surface area contributed by atoms with Crippen molar-refractivity contribution in [3.05, 3.63) is 84.4 Å². The third-order valence-electron chi connectivity index (χ3n) is 4.56. The summed E-state index contributed by atoms with van der Waals surface area (Å²) in [7, 11) is 1.23. The molecule has 0 fully saturated rings. The molecule has 0 aliphatic heterocycles. The van der Waals surface area contributed by atoms with Crippen molar-refractivity contribution < 1.29 is 23.8 Å². The lowest BCUT2D eigenvalue weighted by Crippen LogP contribution is -2.27. The number of anilines is 2. The molecule has 6 nitrogen and oxygen atoms in total. The molecule has 144 valence electrons. The van der Waals surface area contributed by atoms with Gasteiger partial charge in [-0.1, -0.05) is 48.5 Å². The number of benzene rings is 3. The number of hydrogen-bond donors (Lipinski definition) is 1. The highest BCUT2D eigenvalue weighted by molar-refractivity contribution is 6.04. The van der Waals surface area contributed by atoms with E-state index in [0.717, 1.165) is 21.4 Å². The molecule has 0 saturated carbocycles. The van der Waals surface area contributed by atoms with E-state index in [0.29, 0.717) is 5.58 Å². The maximum Gasteiger partial charge on any atom is 0.421 e. The van der Waals surface area contributed by atoms with Crippen LogP contribution in [0, 0.1) is 0 Å². The highest BCUT2D eigenvalue weighted by Crippen LogP contribution is 2.35. The third-order valence-corrected chi connectivity index (χ3v) is 4.56. The van der Waals surface area contributed by atoms with E-state index in [4.69, 9.17) is 9.15 Å². The molecule has 0 radical (unpaired) electrons. The van der Waals surface area contributed by atoms with E-state index >= 15 is 0 Å². The molecule has 4 rings (SSSR count). The number of para-hydroxylation sites is 1. The van der Waals surface area contributed by atoms with Crippen LogP contribution in [0.4, 0.5) is 16.4 Å². The van der Waals surface area contributed by atoms with Crippen LogP contribution in [0.25, 0.3) is 22.1 Å². The molecular weight excluding hydrogens is 370 g/mol. The first kappa shape index (κ1) is 18.3. The fourth-order valence-corrected chi connectivity index (χ4v) is 3.20. The van der Waals surface area contributed by atoms with E-state index in [2.05, 4.69) is 0 Å². The largest absolute Gasteiger partial charge is 0.478 e. The minimum atomic E-state index is -1.16. The average Bonchev–Trinajstić information content (AvgIpc) is 3.17. The van der Waals surface area contributed by atoms with Crippen molar-refractivity contribution in [2.24, 2.45) is 0 Å². The van der Waals surface area contributed by atoms with Gasteiger partial charge in [-0.15, -0.1) is 0 Å². The number of methoxy groups -OCH3 is 1. The Labute approximate surface area is 166 Å². The number of nitrogens with zero attached hydrogens (tertiary/aromatic N) is 1. The Hall–Kier alpha value is -4.06. The number of hydrogen-bond acceptors (Lipinski definition) is 4. The summed E-state index contributed by atoms with van der Waals surface area (Å²) in [4.78, 5) is 25.3. The van der Waals surface area contributed by atoms with Gasteiger partial charge in [0.25, 0.3) is 0 Å². The van der Waals surface area contributed by atoms with E-state index in [9.17, 15) is 14.7 Å². The van der Waals surface area contributed by atoms with Crippen molar-refractivity contribution in [3.8, 4) is 11.1 Å². The Kier molecular flexibility index (Phi) is 4.75. The first-order valence-corrected chi connectivity index (χ1v) is 8.88. The monoisotopic (exact) mass is 387 g/mol. The van der Waals surface area contributed by atoms with Gasteiger partial charge in [0, 0.05) is 11.5 Å². The van der Waals surface area contributed by atoms with Gasteiger partial charge in [-0.3, -0.25) is 0 Å². The molecule has 0 saturated heterocycles. The molecule has 6 heteroatoms. The number of carbonyl (C=O) groups excluding carboxylic acids is 1. The lowest BCUT2D eigenvalue weighted by molar-refractivity contribution is 0.0698. The zero-order chi connectivity index (χ0) is 20.4. The number of carboxylic acids is 1. The van der Waals surface area contributed by atoms with Crippen molar-refractivity contribution in [1.29, 1.82) is 0 Å². The molecule has 0 aliphatic carbocycles. The lowest BCUT2D eigenvalue weighted by atomic mass is 10.0. The fourth-order valence-electron chi connectivity index (χ4n) is 3.20. The van der Waals surface area contributed by atoms with Gasteiger partial charge in [-0.2, -0.15) is 0 Å². The first-order chi connectivity index (χ1) is 14.1. The van der Waals surface area contributed by atoms with Crippen molar-refractivity contribution in [2.75, 3.05) is 12.0 Å². The summed E-state index contributed by atoms with van der Waals surface area (Å²) in [6.07, 6.45) is -0.749. The van der Waals surface area contributed by atoms with E-state index < -0.39 is 12.1 Å². The van der Waals surface area contributed by atoms with E-state index in [1.807, 2.05) is 48.5 Å². The van der Waals surface area contributed by atoms with Crippen LogP contribution in [-0.4, -0.2) is 24.3 Å². The molecule has 1 N–H and O–H groups in total. The summed E-state index contributed by atoms with van der Waals surface area (Å²) < 4.78 is 10.7. The Balaban J connectivity index is 1.84. The van der Waals surface area contributed by atoms with Crippen LogP contribution in [-0.2, 0) is 4.74 Å². The fraction of sp³-hybridized carbons (Fsp3) is 0.0435. The topological polar surface area (TPSA) is 80.0 Å². The second-order valence-electron chi connectivity index (χ2n) is 6.33. The summed E-state index contributed by atoms with van der Waals surface area (Å²) in [5.74, 6) is -0.984. The predicted molar refractivity (Wildman–Crippen MR) is 110 cm³/mol. The van der Waals surface area contributed by atoms with Crippen LogP contribution in [0.15, 0.2) is 83.3 Å². The normalized spacial score (nSPS) is 10.7. The van der Waals surface area contributed by atoms with Gasteiger partial charge in [0.05, 0.1) is 18.4 Å². The molecule has 3 aromatic carbocycles. The Morgan fingerprint density at radius 1 is 0.897 bits per heavy atom. The Morgan fingerprint density at radius 2 is 1.62 bits per heavy atom. The predicted octanol–water partition coefficient (Wildman–Crippen LogP) is 5.70. The molecule has 0 spiro atoms. The molecule has 1 amide bonds. The van der Waals surface area contributed by atoms with Crippen molar-refractivity contribution in [2.45, 2.75) is 0 Å². The molecule has 0 atom stereocenters. The third kappa shape index (κ3) is 3.43. The van der Waals surface area contributed by atoms with Gasteiger partial charge in [-0.25, -0.2) is 14.5 Å². The highest BCUT2D eigenvalue weighted by Gasteiger charge is 2.26. The van der Waals surface area contributed by atoms with E-state index in [1.165, 1.54) is 19.2 Å². The van der Waals surface area contributed by atoms with Gasteiger partial charge in [0.15, 0.2) is 0 Å². The van der Waals surface area contributed by atoms with E-state index in [1.54, 1.807) is 18.2 Å². The molecule has 0 unspecified atom stereocenters. The molecule has 29 heavy (non-hydrogen) atoms. The number of fused-ring (bicyclic) bond motifs is 1. The van der Waals surface area contributed by atoms with Crippen LogP contribution >= 0.6 is 0 Å². The minimum absolute atomic E-state index is 0.0386. The molecule has 1 aromatic heterocycles. The minimum Gasteiger partial charge on any atom is -0.478 e. The number of furan rings is 1. The SMILES string of the molecule is COC(=O)N(c1cc2cc(-c3ccccc3)ccc2o1)c1ccccc1C(=O)O. The highest BCUT2D eigenvalue weighted by atomic mass is 16.5. The number of carbonyl (C=O) groups is 2. The lowest BCUT2D eigenvalue weighted by Gasteiger charge is -2.20. The molecule has 1 heterocycles. The second kappa shape index (κ2) is 7.52. The summed E-state index contributed by atoms with van der Waals surface area (Å²) in [5.41, 5.74) is 2.75. The number of carboxylic acid groups (broad SMARTS) is 1. The molecular formula is C23H17NO5. The molecule has 4 aromatic rings. The van der Waals surface area contributed by atoms with Gasteiger partial charge in [0.2, 0.25) is 5.88 Å². The number of aromatic carboxylic acids is 1. The van der Waals surface area contributed by atoms with Crippen LogP contribution in [0.5, 0.6) is 0 Å². The summed E-state index contributed by atoms with van der Waals surface area (Å²) in [6, 6.07) is 23.5. The Bertz CT molecular complexity index is 1200. The summed E-state index contributed by atoms with van der Waals surface area (Å²) in [6.45, 7) is 0. The average molecular weight is 387 g/mol. The number of rotatable bonds is 4. The van der Waals surface area contributed by atoms with Crippen LogP contribution in [0.2, 0.25) is 0 Å². The standard InChI is InChI=1S/C23H17NO5/c1-28-23(27)24(19-10-6-5-9-18(19)22(25)26)21-14-17-13-16(11-12-20(17)29-21)15-7-3-2-4-8-15/h2-14H,1H3,(H,25,26). The van der Waals surface area contributed by atoms with Crippen molar-refractivity contribution in [1.82, 2.24) is 0 Å². The zero-order valence-corrected chi connectivity index (χ0v) is 15.5. The number of amides is 1. The van der Waals surface area contributed by atoms with Gasteiger partial charge in [-0.05, 0) is 35.4 Å². The molecule has 0 bridgehead atoms. The Morgan fingerprint density at radius 3 is 2.34 bits per heavy atom. The maximum atomic E-state index is 12.5. The summed E-state index contributed by atoms with van der Waals surface area (Å²) in [5, 5.41) is 10.3. The van der Waals surface area contributed by atoms with Crippen LogP contribution in [0.1, 0.15) is 10.4 Å². The maximum absolute atomic E-state index is 12.5. The smallest absolute Gasteiger partial charge is 0.421 e. The first-order valence-electron chi connectivity index (χ1n) is 8.88. The van der Waals surface area contributed by atoms with Crippen LogP contribution < -0.4 is 4.90 Å². The summed E-state index contributed by atoms with van der Waals surface area (Å²) >= 11 is 0. The van der Waals surface area contributed by atoms with Crippen molar-refractivity contribution >= 4 is 34.6 Å². The van der Waals surface area contributed by atoms with Gasteiger partial charge >= 0.3 is 12.1 Å². The second-order valence-corrected chi connectivity index (χ2v) is 6.33.